The molecule has 5 heteroatoms. The summed E-state index contributed by atoms with van der Waals surface area (Å²) in [5, 5.41) is 1.05. The van der Waals surface area contributed by atoms with Crippen LogP contribution in [-0.4, -0.2) is 44.2 Å². The van der Waals surface area contributed by atoms with Gasteiger partial charge in [0.25, 0.3) is 0 Å². The number of hydrogen-bond donors (Lipinski definition) is 0. The standard InChI is InChI=1S/C19H23NO4/c1-12(9-17(21)20-5-7-23-8-6-20)15-10-16-13(2)11-24-19(16)14(3)18(15)22-4/h9-11H,5-8H2,1-4H3/b12-9+. The second-order valence-corrected chi connectivity index (χ2v) is 6.14. The number of ether oxygens (including phenoxy) is 2. The molecule has 2 heterocycles. The lowest BCUT2D eigenvalue weighted by molar-refractivity contribution is -0.129. The van der Waals surface area contributed by atoms with E-state index in [0.717, 1.165) is 39.0 Å². The number of benzene rings is 1. The van der Waals surface area contributed by atoms with E-state index >= 15 is 0 Å². The predicted octanol–water partition coefficient (Wildman–Crippen LogP) is 3.32. The first-order chi connectivity index (χ1) is 11.5. The Labute approximate surface area is 141 Å². The van der Waals surface area contributed by atoms with Gasteiger partial charge < -0.3 is 18.8 Å². The topological polar surface area (TPSA) is 51.9 Å². The summed E-state index contributed by atoms with van der Waals surface area (Å²) in [6, 6.07) is 2.04. The fraction of sp³-hybridized carbons (Fsp3) is 0.421. The lowest BCUT2D eigenvalue weighted by atomic mass is 9.98. The van der Waals surface area contributed by atoms with Gasteiger partial charge in [-0.15, -0.1) is 0 Å². The number of rotatable bonds is 3. The molecule has 1 aromatic carbocycles. The van der Waals surface area contributed by atoms with Crippen molar-refractivity contribution in [1.82, 2.24) is 4.90 Å². The summed E-state index contributed by atoms with van der Waals surface area (Å²) in [4.78, 5) is 14.3. The van der Waals surface area contributed by atoms with Gasteiger partial charge in [0, 0.05) is 35.7 Å². The molecule has 0 spiro atoms. The van der Waals surface area contributed by atoms with Crippen LogP contribution in [0.2, 0.25) is 0 Å². The van der Waals surface area contributed by atoms with Gasteiger partial charge in [-0.3, -0.25) is 4.79 Å². The van der Waals surface area contributed by atoms with E-state index in [1.165, 1.54) is 0 Å². The van der Waals surface area contributed by atoms with E-state index in [0.29, 0.717) is 26.3 Å². The van der Waals surface area contributed by atoms with Crippen molar-refractivity contribution in [2.24, 2.45) is 0 Å². The van der Waals surface area contributed by atoms with Gasteiger partial charge in [-0.25, -0.2) is 0 Å². The summed E-state index contributed by atoms with van der Waals surface area (Å²) >= 11 is 0. The Kier molecular flexibility index (Phi) is 4.62. The highest BCUT2D eigenvalue weighted by molar-refractivity contribution is 5.98. The molecular weight excluding hydrogens is 306 g/mol. The Bertz CT molecular complexity index is 797. The maximum absolute atomic E-state index is 12.5. The maximum Gasteiger partial charge on any atom is 0.247 e. The summed E-state index contributed by atoms with van der Waals surface area (Å²) in [5.41, 5.74) is 4.66. The molecule has 0 aliphatic carbocycles. The van der Waals surface area contributed by atoms with Gasteiger partial charge in [-0.05, 0) is 38.0 Å². The van der Waals surface area contributed by atoms with Gasteiger partial charge in [0.1, 0.15) is 11.3 Å². The molecule has 1 aliphatic heterocycles. The molecule has 1 amide bonds. The fourth-order valence-electron chi connectivity index (χ4n) is 3.13. The van der Waals surface area contributed by atoms with E-state index in [4.69, 9.17) is 13.9 Å². The summed E-state index contributed by atoms with van der Waals surface area (Å²) in [6.07, 6.45) is 3.43. The van der Waals surface area contributed by atoms with Crippen molar-refractivity contribution in [2.45, 2.75) is 20.8 Å². The highest BCUT2D eigenvalue weighted by Crippen LogP contribution is 2.37. The van der Waals surface area contributed by atoms with Crippen LogP contribution in [0.5, 0.6) is 5.75 Å². The van der Waals surface area contributed by atoms with Crippen molar-refractivity contribution in [1.29, 1.82) is 0 Å². The van der Waals surface area contributed by atoms with E-state index in [2.05, 4.69) is 0 Å². The van der Waals surface area contributed by atoms with Crippen molar-refractivity contribution < 1.29 is 18.7 Å². The Hall–Kier alpha value is -2.27. The predicted molar refractivity (Wildman–Crippen MR) is 93.3 cm³/mol. The molecule has 0 N–H and O–H groups in total. The number of fused-ring (bicyclic) bond motifs is 1. The zero-order valence-corrected chi connectivity index (χ0v) is 14.6. The Morgan fingerprint density at radius 1 is 1.29 bits per heavy atom. The van der Waals surface area contributed by atoms with E-state index in [9.17, 15) is 4.79 Å². The van der Waals surface area contributed by atoms with Crippen LogP contribution in [0.25, 0.3) is 16.5 Å². The average molecular weight is 329 g/mol. The smallest absolute Gasteiger partial charge is 0.247 e. The van der Waals surface area contributed by atoms with E-state index in [-0.39, 0.29) is 5.91 Å². The molecule has 1 saturated heterocycles. The third kappa shape index (κ3) is 2.91. The van der Waals surface area contributed by atoms with Gasteiger partial charge in [0.15, 0.2) is 0 Å². The zero-order valence-electron chi connectivity index (χ0n) is 14.6. The van der Waals surface area contributed by atoms with Crippen molar-refractivity contribution in [3.8, 4) is 5.75 Å². The quantitative estimate of drug-likeness (QED) is 0.811. The normalized spacial score (nSPS) is 15.8. The van der Waals surface area contributed by atoms with Crippen molar-refractivity contribution in [2.75, 3.05) is 33.4 Å². The van der Waals surface area contributed by atoms with Crippen LogP contribution in [0.3, 0.4) is 0 Å². The lowest BCUT2D eigenvalue weighted by Gasteiger charge is -2.26. The summed E-state index contributed by atoms with van der Waals surface area (Å²) in [7, 11) is 1.64. The molecule has 0 radical (unpaired) electrons. The number of aryl methyl sites for hydroxylation is 2. The van der Waals surface area contributed by atoms with Gasteiger partial charge >= 0.3 is 0 Å². The van der Waals surface area contributed by atoms with Gasteiger partial charge in [0.05, 0.1) is 26.6 Å². The van der Waals surface area contributed by atoms with Crippen LogP contribution in [0.1, 0.15) is 23.6 Å². The number of allylic oxidation sites excluding steroid dienone is 1. The number of carbonyl (C=O) groups excluding carboxylic acids is 1. The van der Waals surface area contributed by atoms with Crippen molar-refractivity contribution in [3.63, 3.8) is 0 Å². The first kappa shape index (κ1) is 16.6. The fourth-order valence-corrected chi connectivity index (χ4v) is 3.13. The molecule has 128 valence electrons. The minimum absolute atomic E-state index is 0.0134. The van der Waals surface area contributed by atoms with Crippen molar-refractivity contribution in [3.05, 3.63) is 35.1 Å². The first-order valence-corrected chi connectivity index (χ1v) is 8.13. The summed E-state index contributed by atoms with van der Waals surface area (Å²) in [6.45, 7) is 8.40. The number of methoxy groups -OCH3 is 1. The minimum Gasteiger partial charge on any atom is -0.496 e. The number of morpholine rings is 1. The maximum atomic E-state index is 12.5. The Morgan fingerprint density at radius 2 is 2.00 bits per heavy atom. The number of hydrogen-bond acceptors (Lipinski definition) is 4. The third-order valence-corrected chi connectivity index (χ3v) is 4.53. The monoisotopic (exact) mass is 329 g/mol. The van der Waals surface area contributed by atoms with Gasteiger partial charge in [-0.1, -0.05) is 0 Å². The van der Waals surface area contributed by atoms with Crippen LogP contribution in [0.4, 0.5) is 0 Å². The summed E-state index contributed by atoms with van der Waals surface area (Å²) < 4.78 is 16.5. The van der Waals surface area contributed by atoms with E-state index in [1.54, 1.807) is 19.4 Å². The largest absolute Gasteiger partial charge is 0.496 e. The number of furan rings is 1. The average Bonchev–Trinajstić information content (AvgIpc) is 2.97. The highest BCUT2D eigenvalue weighted by Gasteiger charge is 2.19. The Balaban J connectivity index is 2.01. The minimum atomic E-state index is 0.0134. The van der Waals surface area contributed by atoms with Crippen LogP contribution < -0.4 is 4.74 Å². The highest BCUT2D eigenvalue weighted by atomic mass is 16.5. The van der Waals surface area contributed by atoms with Crippen LogP contribution >= 0.6 is 0 Å². The molecule has 0 unspecified atom stereocenters. The van der Waals surface area contributed by atoms with Crippen LogP contribution in [0.15, 0.2) is 22.8 Å². The molecular formula is C19H23NO4. The number of carbonyl (C=O) groups is 1. The second kappa shape index (κ2) is 6.69. The Morgan fingerprint density at radius 3 is 2.67 bits per heavy atom. The molecule has 0 saturated carbocycles. The van der Waals surface area contributed by atoms with Crippen LogP contribution in [0, 0.1) is 13.8 Å². The van der Waals surface area contributed by atoms with E-state index < -0.39 is 0 Å². The number of nitrogens with zero attached hydrogens (tertiary/aromatic N) is 1. The molecule has 0 atom stereocenters. The molecule has 24 heavy (non-hydrogen) atoms. The van der Waals surface area contributed by atoms with Gasteiger partial charge in [0.2, 0.25) is 5.91 Å². The molecule has 3 rings (SSSR count). The molecule has 5 nitrogen and oxygen atoms in total. The molecule has 1 aliphatic rings. The second-order valence-electron chi connectivity index (χ2n) is 6.14. The van der Waals surface area contributed by atoms with Crippen LogP contribution in [-0.2, 0) is 9.53 Å². The zero-order chi connectivity index (χ0) is 17.3. The third-order valence-electron chi connectivity index (χ3n) is 4.53. The lowest BCUT2D eigenvalue weighted by Crippen LogP contribution is -2.39. The first-order valence-electron chi connectivity index (χ1n) is 8.13. The molecule has 2 aromatic rings. The van der Waals surface area contributed by atoms with Crippen molar-refractivity contribution >= 4 is 22.4 Å². The molecule has 1 aromatic heterocycles. The summed E-state index contributed by atoms with van der Waals surface area (Å²) in [5.74, 6) is 0.764. The SMILES string of the molecule is COc1c(/C(C)=C/C(=O)N2CCOCC2)cc2c(C)coc2c1C. The molecule has 0 bridgehead atoms. The van der Waals surface area contributed by atoms with Gasteiger partial charge in [-0.2, -0.15) is 0 Å². The molecule has 1 fully saturated rings. The number of amides is 1. The van der Waals surface area contributed by atoms with E-state index in [1.807, 2.05) is 31.7 Å².